The number of hydrogen-bond donors (Lipinski definition) is 0. The zero-order valence-electron chi connectivity index (χ0n) is 17.7. The summed E-state index contributed by atoms with van der Waals surface area (Å²) < 4.78 is 6.91. The number of hydrogen-bond acceptors (Lipinski definition) is 6. The third-order valence-corrected chi connectivity index (χ3v) is 5.65. The Morgan fingerprint density at radius 2 is 1.81 bits per heavy atom. The molecule has 2 aromatic heterocycles. The van der Waals surface area contributed by atoms with Gasteiger partial charge in [0.1, 0.15) is 6.04 Å². The molecule has 0 N–H and O–H groups in total. The summed E-state index contributed by atoms with van der Waals surface area (Å²) in [7, 11) is 0. The van der Waals surface area contributed by atoms with Gasteiger partial charge in [0.2, 0.25) is 0 Å². The van der Waals surface area contributed by atoms with E-state index in [9.17, 15) is 9.59 Å². The minimum atomic E-state index is -0.539. The summed E-state index contributed by atoms with van der Waals surface area (Å²) in [6, 6.07) is 12.0. The van der Waals surface area contributed by atoms with Crippen molar-refractivity contribution in [1.82, 2.24) is 24.6 Å². The number of carbonyl (C=O) groups is 2. The molecule has 0 saturated carbocycles. The Kier molecular flexibility index (Phi) is 6.82. The van der Waals surface area contributed by atoms with Crippen LogP contribution in [0.4, 0.5) is 0 Å². The Labute approximate surface area is 191 Å². The lowest BCUT2D eigenvalue weighted by Gasteiger charge is -2.38. The van der Waals surface area contributed by atoms with Crippen LogP contribution in [0, 0.1) is 0 Å². The third kappa shape index (κ3) is 4.66. The number of benzene rings is 1. The van der Waals surface area contributed by atoms with Crippen LogP contribution in [0.5, 0.6) is 0 Å². The van der Waals surface area contributed by atoms with E-state index >= 15 is 0 Å². The first-order valence-electron chi connectivity index (χ1n) is 10.5. The van der Waals surface area contributed by atoms with Gasteiger partial charge in [-0.1, -0.05) is 23.7 Å². The van der Waals surface area contributed by atoms with E-state index in [1.54, 1.807) is 65.4 Å². The molecule has 0 radical (unpaired) electrons. The second-order valence-corrected chi connectivity index (χ2v) is 7.80. The SMILES string of the molecule is CCOC(=O)C(c1ccc(Cl)cc1)N1CCN(C(=O)c2cccnc2-n2cccn2)CC1. The zero-order valence-corrected chi connectivity index (χ0v) is 18.5. The van der Waals surface area contributed by atoms with Gasteiger partial charge in [-0.15, -0.1) is 0 Å². The van der Waals surface area contributed by atoms with Crippen LogP contribution < -0.4 is 0 Å². The zero-order chi connectivity index (χ0) is 22.5. The minimum Gasteiger partial charge on any atom is -0.465 e. The molecular weight excluding hydrogens is 430 g/mol. The minimum absolute atomic E-state index is 0.109. The second kappa shape index (κ2) is 9.93. The molecule has 32 heavy (non-hydrogen) atoms. The van der Waals surface area contributed by atoms with Crippen LogP contribution in [0.25, 0.3) is 5.82 Å². The quantitative estimate of drug-likeness (QED) is 0.534. The van der Waals surface area contributed by atoms with Crippen molar-refractivity contribution in [3.63, 3.8) is 0 Å². The van der Waals surface area contributed by atoms with Crippen LogP contribution in [0.2, 0.25) is 5.02 Å². The fourth-order valence-electron chi connectivity index (χ4n) is 3.86. The Morgan fingerprint density at radius 1 is 1.06 bits per heavy atom. The predicted octanol–water partition coefficient (Wildman–Crippen LogP) is 2.98. The standard InChI is InChI=1S/C23H24ClN5O3/c1-2-32-23(31)20(17-6-8-18(24)9-7-17)27-13-15-28(16-14-27)22(30)19-5-3-10-25-21(19)29-12-4-11-26-29/h3-12,20H,2,13-16H2,1H3. The van der Waals surface area contributed by atoms with E-state index in [1.165, 1.54) is 0 Å². The van der Waals surface area contributed by atoms with E-state index in [0.29, 0.717) is 49.2 Å². The lowest BCUT2D eigenvalue weighted by Crippen LogP contribution is -2.51. The second-order valence-electron chi connectivity index (χ2n) is 7.36. The molecule has 166 valence electrons. The van der Waals surface area contributed by atoms with Crippen molar-refractivity contribution in [3.05, 3.63) is 77.2 Å². The molecule has 3 aromatic rings. The number of ether oxygens (including phenoxy) is 1. The normalized spacial score (nSPS) is 15.4. The molecule has 3 heterocycles. The van der Waals surface area contributed by atoms with Gasteiger partial charge in [-0.05, 0) is 42.8 Å². The van der Waals surface area contributed by atoms with Crippen LogP contribution in [-0.2, 0) is 9.53 Å². The largest absolute Gasteiger partial charge is 0.465 e. The number of carbonyl (C=O) groups excluding carboxylic acids is 2. The highest BCUT2D eigenvalue weighted by Gasteiger charge is 2.33. The number of aromatic nitrogens is 3. The summed E-state index contributed by atoms with van der Waals surface area (Å²) in [6.07, 6.45) is 5.04. The summed E-state index contributed by atoms with van der Waals surface area (Å²) >= 11 is 6.02. The summed E-state index contributed by atoms with van der Waals surface area (Å²) in [6.45, 7) is 4.13. The van der Waals surface area contributed by atoms with Crippen LogP contribution in [0.15, 0.2) is 61.1 Å². The fourth-order valence-corrected chi connectivity index (χ4v) is 3.98. The number of amides is 1. The number of nitrogens with zero attached hydrogens (tertiary/aromatic N) is 5. The van der Waals surface area contributed by atoms with Crippen molar-refractivity contribution >= 4 is 23.5 Å². The molecule has 1 fully saturated rings. The van der Waals surface area contributed by atoms with Gasteiger partial charge in [0.15, 0.2) is 5.82 Å². The monoisotopic (exact) mass is 453 g/mol. The van der Waals surface area contributed by atoms with Gasteiger partial charge in [0.25, 0.3) is 5.91 Å². The molecule has 1 amide bonds. The molecular formula is C23H24ClN5O3. The molecule has 4 rings (SSSR count). The topological polar surface area (TPSA) is 80.6 Å². The molecule has 1 aromatic carbocycles. The molecule has 1 atom stereocenters. The maximum Gasteiger partial charge on any atom is 0.328 e. The number of halogens is 1. The number of rotatable bonds is 6. The van der Waals surface area contributed by atoms with Gasteiger partial charge in [-0.3, -0.25) is 9.69 Å². The summed E-state index contributed by atoms with van der Waals surface area (Å²) in [5.41, 5.74) is 1.31. The van der Waals surface area contributed by atoms with Gasteiger partial charge < -0.3 is 9.64 Å². The molecule has 1 aliphatic heterocycles. The van der Waals surface area contributed by atoms with Crippen molar-refractivity contribution in [2.45, 2.75) is 13.0 Å². The molecule has 0 aliphatic carbocycles. The summed E-state index contributed by atoms with van der Waals surface area (Å²) in [5.74, 6) is 0.0840. The van der Waals surface area contributed by atoms with E-state index in [0.717, 1.165) is 5.56 Å². The first kappa shape index (κ1) is 22.0. The van der Waals surface area contributed by atoms with Crippen molar-refractivity contribution in [2.75, 3.05) is 32.8 Å². The van der Waals surface area contributed by atoms with Gasteiger partial charge in [-0.2, -0.15) is 5.10 Å². The van der Waals surface area contributed by atoms with Crippen LogP contribution in [0.1, 0.15) is 28.9 Å². The van der Waals surface area contributed by atoms with Gasteiger partial charge in [0, 0.05) is 49.8 Å². The Hall–Kier alpha value is -3.23. The average Bonchev–Trinajstić information content (AvgIpc) is 3.36. The number of pyridine rings is 1. The van der Waals surface area contributed by atoms with Gasteiger partial charge in [-0.25, -0.2) is 14.5 Å². The lowest BCUT2D eigenvalue weighted by molar-refractivity contribution is -0.150. The highest BCUT2D eigenvalue weighted by molar-refractivity contribution is 6.30. The van der Waals surface area contributed by atoms with Crippen molar-refractivity contribution < 1.29 is 14.3 Å². The predicted molar refractivity (Wildman–Crippen MR) is 120 cm³/mol. The number of esters is 1. The summed E-state index contributed by atoms with van der Waals surface area (Å²) in [4.78, 5) is 34.2. The van der Waals surface area contributed by atoms with E-state index in [4.69, 9.17) is 16.3 Å². The highest BCUT2D eigenvalue weighted by atomic mass is 35.5. The highest BCUT2D eigenvalue weighted by Crippen LogP contribution is 2.26. The maximum atomic E-state index is 13.3. The van der Waals surface area contributed by atoms with Gasteiger partial charge >= 0.3 is 5.97 Å². The smallest absolute Gasteiger partial charge is 0.328 e. The Balaban J connectivity index is 1.50. The van der Waals surface area contributed by atoms with Crippen LogP contribution in [-0.4, -0.2) is 69.2 Å². The molecule has 0 bridgehead atoms. The molecule has 1 aliphatic rings. The van der Waals surface area contributed by atoms with E-state index in [1.807, 2.05) is 17.0 Å². The van der Waals surface area contributed by atoms with Crippen LogP contribution in [0.3, 0.4) is 0 Å². The van der Waals surface area contributed by atoms with Crippen molar-refractivity contribution in [3.8, 4) is 5.82 Å². The van der Waals surface area contributed by atoms with Crippen LogP contribution >= 0.6 is 11.6 Å². The number of piperazine rings is 1. The van der Waals surface area contributed by atoms with E-state index < -0.39 is 6.04 Å². The molecule has 8 nitrogen and oxygen atoms in total. The van der Waals surface area contributed by atoms with Crippen molar-refractivity contribution in [2.24, 2.45) is 0 Å². The van der Waals surface area contributed by atoms with Gasteiger partial charge in [0.05, 0.1) is 12.2 Å². The van der Waals surface area contributed by atoms with Crippen molar-refractivity contribution in [1.29, 1.82) is 0 Å². The fraction of sp³-hybridized carbons (Fsp3) is 0.304. The molecule has 1 unspecified atom stereocenters. The Morgan fingerprint density at radius 3 is 2.47 bits per heavy atom. The Bertz CT molecular complexity index is 1060. The lowest BCUT2D eigenvalue weighted by atomic mass is 10.0. The molecule has 1 saturated heterocycles. The molecule has 0 spiro atoms. The average molecular weight is 454 g/mol. The summed E-state index contributed by atoms with van der Waals surface area (Å²) in [5, 5.41) is 4.81. The van der Waals surface area contributed by atoms with E-state index in [2.05, 4.69) is 10.1 Å². The third-order valence-electron chi connectivity index (χ3n) is 5.40. The first-order valence-corrected chi connectivity index (χ1v) is 10.9. The first-order chi connectivity index (χ1) is 15.6. The maximum absolute atomic E-state index is 13.3. The van der Waals surface area contributed by atoms with E-state index in [-0.39, 0.29) is 11.9 Å². The molecule has 9 heteroatoms.